The smallest absolute Gasteiger partial charge is 0.341 e. The van der Waals surface area contributed by atoms with Gasteiger partial charge in [-0.3, -0.25) is 9.78 Å². The first-order valence-electron chi connectivity index (χ1n) is 11.7. The van der Waals surface area contributed by atoms with E-state index in [0.717, 1.165) is 34.4 Å². The van der Waals surface area contributed by atoms with Gasteiger partial charge in [0.2, 0.25) is 0 Å². The number of benzene rings is 1. The van der Waals surface area contributed by atoms with Crippen LogP contribution >= 0.6 is 0 Å². The lowest BCUT2D eigenvalue weighted by Crippen LogP contribution is -2.36. The number of aromatic carboxylic acids is 1. The van der Waals surface area contributed by atoms with Crippen molar-refractivity contribution in [2.75, 3.05) is 26.9 Å². The summed E-state index contributed by atoms with van der Waals surface area (Å²) < 4.78 is 19.5. The molecule has 8 heteroatoms. The highest BCUT2D eigenvalue weighted by Gasteiger charge is 2.49. The fourth-order valence-corrected chi connectivity index (χ4v) is 5.29. The minimum absolute atomic E-state index is 0.0269. The van der Waals surface area contributed by atoms with E-state index in [9.17, 15) is 14.7 Å². The second-order valence-corrected chi connectivity index (χ2v) is 9.49. The van der Waals surface area contributed by atoms with Crippen LogP contribution < -0.4 is 10.2 Å². The van der Waals surface area contributed by atoms with E-state index in [4.69, 9.17) is 14.2 Å². The average Bonchev–Trinajstić information content (AvgIpc) is 3.17. The maximum absolute atomic E-state index is 12.7. The zero-order valence-corrected chi connectivity index (χ0v) is 20.0. The third kappa shape index (κ3) is 4.02. The predicted molar refractivity (Wildman–Crippen MR) is 130 cm³/mol. The molecule has 1 N–H and O–H groups in total. The summed E-state index contributed by atoms with van der Waals surface area (Å²) in [7, 11) is 1.66. The van der Waals surface area contributed by atoms with E-state index >= 15 is 0 Å². The Hall–Kier alpha value is -3.49. The number of aromatic nitrogens is 2. The molecular formula is C27H28N2O6. The summed E-state index contributed by atoms with van der Waals surface area (Å²) in [4.78, 5) is 28.8. The number of methoxy groups -OCH3 is 1. The van der Waals surface area contributed by atoms with Gasteiger partial charge in [-0.1, -0.05) is 6.07 Å². The molecule has 2 aromatic heterocycles. The molecule has 5 rings (SSSR count). The first kappa shape index (κ1) is 23.3. The van der Waals surface area contributed by atoms with Crippen LogP contribution in [-0.4, -0.2) is 53.2 Å². The zero-order chi connectivity index (χ0) is 24.7. The quantitative estimate of drug-likeness (QED) is 0.512. The number of fused-ring (bicyclic) bond motifs is 6. The van der Waals surface area contributed by atoms with Crippen molar-refractivity contribution in [3.63, 3.8) is 0 Å². The number of carboxylic acids is 1. The van der Waals surface area contributed by atoms with Gasteiger partial charge in [-0.2, -0.15) is 0 Å². The Labute approximate surface area is 203 Å². The maximum Gasteiger partial charge on any atom is 0.341 e. The maximum atomic E-state index is 12.7. The van der Waals surface area contributed by atoms with E-state index < -0.39 is 17.0 Å². The fraction of sp³-hybridized carbons (Fsp3) is 0.370. The Morgan fingerprint density at radius 3 is 2.80 bits per heavy atom. The van der Waals surface area contributed by atoms with Crippen molar-refractivity contribution < 1.29 is 24.1 Å². The van der Waals surface area contributed by atoms with Crippen molar-refractivity contribution in [3.05, 3.63) is 70.3 Å². The summed E-state index contributed by atoms with van der Waals surface area (Å²) in [5, 5.41) is 9.61. The van der Waals surface area contributed by atoms with Crippen molar-refractivity contribution in [2.24, 2.45) is 0 Å². The lowest BCUT2D eigenvalue weighted by molar-refractivity contribution is 0.0145. The molecule has 0 bridgehead atoms. The molecule has 8 nitrogen and oxygen atoms in total. The molecule has 182 valence electrons. The predicted octanol–water partition coefficient (Wildman–Crippen LogP) is 4.14. The van der Waals surface area contributed by atoms with Gasteiger partial charge in [0.1, 0.15) is 11.3 Å². The topological polar surface area (TPSA) is 99.9 Å². The Balaban J connectivity index is 1.73. The van der Waals surface area contributed by atoms with E-state index in [1.807, 2.05) is 42.7 Å². The van der Waals surface area contributed by atoms with Gasteiger partial charge in [0, 0.05) is 67.4 Å². The van der Waals surface area contributed by atoms with Crippen LogP contribution in [-0.2, 0) is 9.47 Å². The van der Waals surface area contributed by atoms with E-state index in [0.29, 0.717) is 25.5 Å². The van der Waals surface area contributed by atoms with Crippen LogP contribution in [0.15, 0.2) is 53.7 Å². The molecule has 0 radical (unpaired) electrons. The summed E-state index contributed by atoms with van der Waals surface area (Å²) in [6.07, 6.45) is 5.71. The second kappa shape index (κ2) is 8.94. The number of nitrogens with zero attached hydrogens (tertiary/aromatic N) is 2. The van der Waals surface area contributed by atoms with Crippen molar-refractivity contribution >= 4 is 5.97 Å². The molecule has 0 spiro atoms. The molecule has 0 saturated carbocycles. The second-order valence-electron chi connectivity index (χ2n) is 9.49. The van der Waals surface area contributed by atoms with Crippen molar-refractivity contribution in [3.8, 4) is 28.1 Å². The number of hydrogen-bond acceptors (Lipinski definition) is 6. The summed E-state index contributed by atoms with van der Waals surface area (Å²) in [6.45, 7) is 5.57. The summed E-state index contributed by atoms with van der Waals surface area (Å²) in [5.74, 6) is -0.532. The monoisotopic (exact) mass is 476 g/mol. The van der Waals surface area contributed by atoms with Crippen LogP contribution in [0.1, 0.15) is 48.1 Å². The SMILES string of the molecule is COCCCOc1cc2c(cc1-c1cccnc1)-c1cc(=O)c(C(=O)O)cn1[C@H]1[C@@H]2COC1(C)C. The van der Waals surface area contributed by atoms with Crippen molar-refractivity contribution in [1.82, 2.24) is 9.55 Å². The van der Waals surface area contributed by atoms with Gasteiger partial charge in [-0.25, -0.2) is 4.79 Å². The van der Waals surface area contributed by atoms with E-state index in [1.54, 1.807) is 19.5 Å². The van der Waals surface area contributed by atoms with Crippen LogP contribution in [0, 0.1) is 0 Å². The number of carboxylic acid groups (broad SMARTS) is 1. The van der Waals surface area contributed by atoms with E-state index in [2.05, 4.69) is 4.98 Å². The van der Waals surface area contributed by atoms with Crippen LogP contribution in [0.5, 0.6) is 5.75 Å². The Kier molecular flexibility index (Phi) is 5.94. The zero-order valence-electron chi connectivity index (χ0n) is 20.0. The van der Waals surface area contributed by atoms with Crippen LogP contribution in [0.4, 0.5) is 0 Å². The minimum Gasteiger partial charge on any atom is -0.493 e. The van der Waals surface area contributed by atoms with Gasteiger partial charge in [0.05, 0.1) is 30.6 Å². The van der Waals surface area contributed by atoms with Gasteiger partial charge in [0.15, 0.2) is 5.43 Å². The number of rotatable bonds is 7. The summed E-state index contributed by atoms with van der Waals surface area (Å²) >= 11 is 0. The molecular weight excluding hydrogens is 448 g/mol. The fourth-order valence-electron chi connectivity index (χ4n) is 5.29. The Bertz CT molecular complexity index is 1330. The number of hydrogen-bond donors (Lipinski definition) is 1. The largest absolute Gasteiger partial charge is 0.493 e. The van der Waals surface area contributed by atoms with Gasteiger partial charge in [0.25, 0.3) is 0 Å². The van der Waals surface area contributed by atoms with Crippen molar-refractivity contribution in [1.29, 1.82) is 0 Å². The van der Waals surface area contributed by atoms with Crippen LogP contribution in [0.2, 0.25) is 0 Å². The molecule has 0 unspecified atom stereocenters. The van der Waals surface area contributed by atoms with Gasteiger partial charge < -0.3 is 23.9 Å². The molecule has 35 heavy (non-hydrogen) atoms. The van der Waals surface area contributed by atoms with Gasteiger partial charge in [-0.15, -0.1) is 0 Å². The average molecular weight is 477 g/mol. The normalized spacial score (nSPS) is 19.5. The molecule has 0 aliphatic carbocycles. The molecule has 1 fully saturated rings. The first-order chi connectivity index (χ1) is 16.8. The molecule has 1 saturated heterocycles. The van der Waals surface area contributed by atoms with Crippen LogP contribution in [0.25, 0.3) is 22.4 Å². The first-order valence-corrected chi connectivity index (χ1v) is 11.7. The third-order valence-corrected chi connectivity index (χ3v) is 6.89. The van der Waals surface area contributed by atoms with Crippen LogP contribution in [0.3, 0.4) is 0 Å². The third-order valence-electron chi connectivity index (χ3n) is 6.89. The highest BCUT2D eigenvalue weighted by Crippen LogP contribution is 2.54. The molecule has 2 aliphatic heterocycles. The lowest BCUT2D eigenvalue weighted by Gasteiger charge is -2.38. The van der Waals surface area contributed by atoms with Crippen molar-refractivity contribution in [2.45, 2.75) is 37.8 Å². The molecule has 1 aromatic carbocycles. The number of pyridine rings is 2. The van der Waals surface area contributed by atoms with E-state index in [-0.39, 0.29) is 17.5 Å². The van der Waals surface area contributed by atoms with Gasteiger partial charge >= 0.3 is 5.97 Å². The Morgan fingerprint density at radius 1 is 1.26 bits per heavy atom. The summed E-state index contributed by atoms with van der Waals surface area (Å²) in [5.41, 5.74) is 2.99. The Morgan fingerprint density at radius 2 is 2.09 bits per heavy atom. The highest BCUT2D eigenvalue weighted by atomic mass is 16.5. The number of carbonyl (C=O) groups is 1. The molecule has 2 aliphatic rings. The summed E-state index contributed by atoms with van der Waals surface area (Å²) in [6, 6.07) is 9.15. The highest BCUT2D eigenvalue weighted by molar-refractivity contribution is 5.88. The van der Waals surface area contributed by atoms with E-state index in [1.165, 1.54) is 12.3 Å². The lowest BCUT2D eigenvalue weighted by atomic mass is 9.78. The molecule has 2 atom stereocenters. The molecule has 4 heterocycles. The molecule has 3 aromatic rings. The minimum atomic E-state index is -1.24. The molecule has 0 amide bonds. The van der Waals surface area contributed by atoms with Gasteiger partial charge in [-0.05, 0) is 37.6 Å². The number of ether oxygens (including phenoxy) is 3. The standard InChI is InChI=1S/C27H28N2O6/c1-27(2)25-21(15-35-27)18-11-24(34-9-5-8-33-3)17(16-6-4-7-28-13-16)10-19(18)22-12-23(30)20(26(31)32)14-29(22)25/h4,6-7,10-14,21,25H,5,8-9,15H2,1-3H3,(H,31,32)/t21-,25+/m1/s1.